The molecule has 31 rings (SSSR count). The zero-order valence-corrected chi connectivity index (χ0v) is 84.7. The van der Waals surface area contributed by atoms with Crippen LogP contribution in [0.2, 0.25) is 0 Å². The first kappa shape index (κ1) is 88.3. The lowest BCUT2D eigenvalue weighted by Crippen LogP contribution is -2.15. The van der Waals surface area contributed by atoms with E-state index < -0.39 is 0 Å². The van der Waals surface area contributed by atoms with Crippen molar-refractivity contribution in [1.29, 1.82) is 0 Å². The normalized spacial score (nSPS) is 13.4. The second-order valence-electron chi connectivity index (χ2n) is 43.4. The van der Waals surface area contributed by atoms with Crippen molar-refractivity contribution in [3.63, 3.8) is 0 Å². The minimum absolute atomic E-state index is 0.0471. The molecule has 0 spiro atoms. The minimum atomic E-state index is -0.0879. The minimum Gasteiger partial charge on any atom is -0.0622 e. The van der Waals surface area contributed by atoms with E-state index in [9.17, 15) is 0 Å². The van der Waals surface area contributed by atoms with Gasteiger partial charge in [0.25, 0.3) is 0 Å². The molecule has 4 aliphatic rings. The van der Waals surface area contributed by atoms with E-state index in [2.05, 4.69) is 551 Å². The van der Waals surface area contributed by atoms with Crippen LogP contribution in [0.15, 0.2) is 510 Å². The van der Waals surface area contributed by atoms with Crippen molar-refractivity contribution < 1.29 is 0 Å². The van der Waals surface area contributed by atoms with Crippen molar-refractivity contribution in [2.75, 3.05) is 0 Å². The van der Waals surface area contributed by atoms with Crippen molar-refractivity contribution >= 4 is 118 Å². The fraction of sp³-hybridized carbons (Fsp3) is 0.0667. The average molecular weight is 1910 g/mol. The summed E-state index contributed by atoms with van der Waals surface area (Å²) in [6.45, 7) is 14.3. The number of benzene rings is 27. The van der Waals surface area contributed by atoms with Gasteiger partial charge in [-0.15, -0.1) is 0 Å². The molecule has 0 atom stereocenters. The van der Waals surface area contributed by atoms with Crippen LogP contribution in [0.25, 0.3) is 263 Å². The molecule has 4 aliphatic carbocycles. The lowest BCUT2D eigenvalue weighted by atomic mass is 9.79. The van der Waals surface area contributed by atoms with E-state index in [1.165, 1.54) is 308 Å². The number of hydrogen-bond donors (Lipinski definition) is 0. The zero-order valence-electron chi connectivity index (χ0n) is 84.7. The van der Waals surface area contributed by atoms with Gasteiger partial charge in [0, 0.05) is 16.2 Å². The summed E-state index contributed by atoms with van der Waals surface area (Å²) in [5.74, 6) is 0. The predicted octanol–water partition coefficient (Wildman–Crippen LogP) is 41.2. The fourth-order valence-corrected chi connectivity index (χ4v) is 26.7. The summed E-state index contributed by atoms with van der Waals surface area (Å²) < 4.78 is 0. The van der Waals surface area contributed by atoms with Gasteiger partial charge < -0.3 is 0 Å². The van der Waals surface area contributed by atoms with Gasteiger partial charge in [0.15, 0.2) is 0 Å². The van der Waals surface area contributed by atoms with Gasteiger partial charge in [-0.05, 0) is 375 Å². The third kappa shape index (κ3) is 14.1. The highest BCUT2D eigenvalue weighted by Crippen LogP contribution is 2.58. The van der Waals surface area contributed by atoms with E-state index in [4.69, 9.17) is 0 Å². The summed E-state index contributed by atoms with van der Waals surface area (Å²) in [6, 6.07) is 191. The number of rotatable bonds is 9. The van der Waals surface area contributed by atoms with E-state index in [-0.39, 0.29) is 16.2 Å². The van der Waals surface area contributed by atoms with Gasteiger partial charge in [0.1, 0.15) is 0 Å². The maximum absolute atomic E-state index is 2.50. The van der Waals surface area contributed by atoms with Gasteiger partial charge in [-0.1, -0.05) is 490 Å². The molecule has 27 aromatic carbocycles. The standard InChI is InChI=1S/C57H42.C49H34.C44H28/c1-56(2)50-19-11-9-15-42(50)44-26-23-37(32-52(44)56)54-46-17-7-8-18-47(46)55(38-24-27-45-43-16-10-12-20-51(43)57(3,4)53(45)33-38)49-31-35(22-28-48(49)54)34-21-25-41-39(29-34)30-36-13-5-6-14-40(36)41;1-49(2)45-18-10-9-15-39(45)40-25-23-36(30-46(40)49)35-24-26-43-44(29-35)48(38-22-20-32-12-4-6-14-34(32)28-38)42-17-8-7-16-41(42)47(43)37-21-19-31-11-3-5-13-33(31)27-37;1-2-12-31(13-3-1)43-39-16-8-9-17-40(39)44(36-23-24-38-35(27-36)21-19-30-11-6-7-15-37(30)38)41-25-22-34(28-42(41)43)33-20-18-29-10-4-5-14-32(29)26-33/h5-29,31-33H,30H2,1-4H3;3-30H,1-2H3;1-28H. The van der Waals surface area contributed by atoms with Crippen LogP contribution >= 0.6 is 0 Å². The van der Waals surface area contributed by atoms with Crippen molar-refractivity contribution in [3.8, 4) is 145 Å². The lowest BCUT2D eigenvalue weighted by Gasteiger charge is -2.24. The highest BCUT2D eigenvalue weighted by molar-refractivity contribution is 6.27. The highest BCUT2D eigenvalue weighted by Gasteiger charge is 2.40. The quantitative estimate of drug-likeness (QED) is 0.0998. The van der Waals surface area contributed by atoms with E-state index in [0.29, 0.717) is 0 Å². The van der Waals surface area contributed by atoms with Crippen LogP contribution in [-0.4, -0.2) is 0 Å². The third-order valence-corrected chi connectivity index (χ3v) is 34.1. The Bertz CT molecular complexity index is 10400. The molecule has 0 amide bonds. The van der Waals surface area contributed by atoms with Gasteiger partial charge >= 0.3 is 0 Å². The molecule has 0 bridgehead atoms. The second-order valence-corrected chi connectivity index (χ2v) is 43.4. The van der Waals surface area contributed by atoms with Crippen molar-refractivity contribution in [3.05, 3.63) is 554 Å². The van der Waals surface area contributed by atoms with E-state index in [1.807, 2.05) is 0 Å². The van der Waals surface area contributed by atoms with Crippen LogP contribution in [-0.2, 0) is 22.7 Å². The molecule has 0 unspecified atom stereocenters. The smallest absolute Gasteiger partial charge is 0.0159 e. The van der Waals surface area contributed by atoms with Crippen LogP contribution in [0.1, 0.15) is 86.1 Å². The maximum atomic E-state index is 2.50. The Morgan fingerprint density at radius 3 is 0.793 bits per heavy atom. The first-order chi connectivity index (χ1) is 73.6. The SMILES string of the molecule is CC1(C)c2ccccc2-c2ccc(-c3c4ccccc4c(-c4ccc5c(c4)C(C)(C)c4ccccc4-5)c4cc(-c5ccc6c(c5)Cc5ccccc5-6)ccc34)cc21.CC1(C)c2ccccc2-c2ccc(-c3ccc4c(-c5ccc6ccccc6c5)c5ccccc5c(-c5ccc6ccccc6c5)c4c3)cc21.c1ccc(-c2c3ccccc3c(-c3ccc4c(ccc5ccccc54)c3)c3ccc(-c4ccc5ccccc5c4)cc23)cc1. The van der Waals surface area contributed by atoms with E-state index in [0.717, 1.165) is 6.42 Å². The Labute approximate surface area is 874 Å². The monoisotopic (exact) mass is 1900 g/mol. The molecule has 0 aromatic heterocycles. The molecule has 0 N–H and O–H groups in total. The first-order valence-corrected chi connectivity index (χ1v) is 53.0. The Kier molecular flexibility index (Phi) is 20.3. The summed E-state index contributed by atoms with van der Waals surface area (Å²) in [5.41, 5.74) is 44.7. The Hall–Kier alpha value is -18.2. The van der Waals surface area contributed by atoms with Gasteiger partial charge in [-0.25, -0.2) is 0 Å². The third-order valence-electron chi connectivity index (χ3n) is 34.1. The molecule has 0 heteroatoms. The van der Waals surface area contributed by atoms with Crippen LogP contribution in [0.3, 0.4) is 0 Å². The Morgan fingerprint density at radius 1 is 0.120 bits per heavy atom. The Morgan fingerprint density at radius 2 is 0.353 bits per heavy atom. The van der Waals surface area contributed by atoms with Crippen molar-refractivity contribution in [2.45, 2.75) is 64.2 Å². The molecule has 150 heavy (non-hydrogen) atoms. The molecule has 0 saturated heterocycles. The molecule has 0 radical (unpaired) electrons. The van der Waals surface area contributed by atoms with Crippen molar-refractivity contribution in [1.82, 2.24) is 0 Å². The van der Waals surface area contributed by atoms with Gasteiger partial charge in [-0.2, -0.15) is 0 Å². The number of hydrogen-bond acceptors (Lipinski definition) is 0. The maximum Gasteiger partial charge on any atom is 0.0159 e. The lowest BCUT2D eigenvalue weighted by molar-refractivity contribution is 0.660. The van der Waals surface area contributed by atoms with Gasteiger partial charge in [-0.3, -0.25) is 0 Å². The van der Waals surface area contributed by atoms with Gasteiger partial charge in [0.05, 0.1) is 0 Å². The molecule has 704 valence electrons. The van der Waals surface area contributed by atoms with Crippen LogP contribution in [0.4, 0.5) is 0 Å². The zero-order chi connectivity index (χ0) is 99.9. The predicted molar refractivity (Wildman–Crippen MR) is 642 cm³/mol. The molecule has 27 aromatic rings. The van der Waals surface area contributed by atoms with E-state index in [1.54, 1.807) is 0 Å². The molecule has 0 aliphatic heterocycles. The summed E-state index contributed by atoms with van der Waals surface area (Å²) in [5, 5.41) is 28.0. The molecular weight excluding hydrogens is 1800 g/mol. The van der Waals surface area contributed by atoms with Gasteiger partial charge in [0.2, 0.25) is 0 Å². The first-order valence-electron chi connectivity index (χ1n) is 53.0. The highest BCUT2D eigenvalue weighted by atomic mass is 14.4. The summed E-state index contributed by atoms with van der Waals surface area (Å²) >= 11 is 0. The molecule has 0 fully saturated rings. The van der Waals surface area contributed by atoms with E-state index >= 15 is 0 Å². The largest absolute Gasteiger partial charge is 0.0622 e. The summed E-state index contributed by atoms with van der Waals surface area (Å²) in [6.07, 6.45) is 0.985. The van der Waals surface area contributed by atoms with Crippen LogP contribution in [0, 0.1) is 0 Å². The van der Waals surface area contributed by atoms with Crippen LogP contribution < -0.4 is 0 Å². The average Bonchev–Trinajstić information content (AvgIpc) is 1.57. The summed E-state index contributed by atoms with van der Waals surface area (Å²) in [7, 11) is 0. The summed E-state index contributed by atoms with van der Waals surface area (Å²) in [4.78, 5) is 0. The molecule has 0 saturated carbocycles. The molecule has 0 nitrogen and oxygen atoms in total. The Balaban J connectivity index is 0.000000107. The fourth-order valence-electron chi connectivity index (χ4n) is 26.7. The topological polar surface area (TPSA) is 0 Å². The van der Waals surface area contributed by atoms with Crippen molar-refractivity contribution in [2.24, 2.45) is 0 Å². The molecule has 0 heterocycles. The second kappa shape index (κ2) is 34.5. The number of fused-ring (bicyclic) bond motifs is 24. The molecular formula is C150H104. The van der Waals surface area contributed by atoms with Crippen LogP contribution in [0.5, 0.6) is 0 Å².